The zero-order valence-corrected chi connectivity index (χ0v) is 19.7. The molecule has 0 aliphatic carbocycles. The number of carbonyl (C=O) groups is 2. The van der Waals surface area contributed by atoms with Crippen LogP contribution in [0.2, 0.25) is 0 Å². The highest BCUT2D eigenvalue weighted by Gasteiger charge is 2.57. The molecule has 2 aliphatic heterocycles. The van der Waals surface area contributed by atoms with Gasteiger partial charge < -0.3 is 14.6 Å². The third kappa shape index (κ3) is 4.21. The first-order valence-electron chi connectivity index (χ1n) is 12.1. The predicted molar refractivity (Wildman–Crippen MR) is 131 cm³/mol. The Morgan fingerprint density at radius 2 is 1.71 bits per heavy atom. The molecule has 5 rings (SSSR count). The zero-order chi connectivity index (χ0) is 23.5. The van der Waals surface area contributed by atoms with Gasteiger partial charge in [0.05, 0.1) is 6.54 Å². The van der Waals surface area contributed by atoms with Gasteiger partial charge in [-0.2, -0.15) is 0 Å². The van der Waals surface area contributed by atoms with Crippen LogP contribution in [0.5, 0.6) is 0 Å². The van der Waals surface area contributed by atoms with Gasteiger partial charge in [-0.05, 0) is 42.3 Å². The molecule has 0 saturated carbocycles. The number of ether oxygens (including phenoxy) is 1. The van der Waals surface area contributed by atoms with E-state index in [2.05, 4.69) is 28.1 Å². The molecule has 3 heterocycles. The molecule has 178 valence electrons. The topological polar surface area (TPSA) is 68.9 Å². The number of urea groups is 1. The second kappa shape index (κ2) is 9.60. The number of aromatic amines is 1. The van der Waals surface area contributed by atoms with Crippen molar-refractivity contribution in [3.8, 4) is 0 Å². The molecular formula is C27H32N4O3. The number of methoxy groups -OCH3 is 1. The Balaban J connectivity index is 1.32. The van der Waals surface area contributed by atoms with Gasteiger partial charge in [-0.3, -0.25) is 14.6 Å². The van der Waals surface area contributed by atoms with E-state index in [1.165, 1.54) is 16.0 Å². The highest BCUT2D eigenvalue weighted by molar-refractivity contribution is 6.07. The SMILES string of the molecule is COCCCN1C(=O)N(Cc2ccccc2)C(=O)C12CCN(Cc1cc3ccccc3[nH]1)CC2. The third-order valence-electron chi connectivity index (χ3n) is 7.20. The second-order valence-corrected chi connectivity index (χ2v) is 9.35. The highest BCUT2D eigenvalue weighted by Crippen LogP contribution is 2.38. The molecule has 1 N–H and O–H groups in total. The molecule has 0 unspecified atom stereocenters. The number of hydrogen-bond donors (Lipinski definition) is 1. The lowest BCUT2D eigenvalue weighted by Gasteiger charge is -2.42. The average Bonchev–Trinajstić information content (AvgIpc) is 3.35. The van der Waals surface area contributed by atoms with Gasteiger partial charge >= 0.3 is 6.03 Å². The summed E-state index contributed by atoms with van der Waals surface area (Å²) >= 11 is 0. The van der Waals surface area contributed by atoms with Crippen molar-refractivity contribution in [1.82, 2.24) is 19.7 Å². The minimum absolute atomic E-state index is 0.0518. The number of rotatable bonds is 8. The van der Waals surface area contributed by atoms with Crippen molar-refractivity contribution in [2.75, 3.05) is 33.4 Å². The van der Waals surface area contributed by atoms with E-state index in [4.69, 9.17) is 4.74 Å². The maximum absolute atomic E-state index is 13.7. The summed E-state index contributed by atoms with van der Waals surface area (Å²) in [6, 6.07) is 20.1. The number of hydrogen-bond acceptors (Lipinski definition) is 4. The zero-order valence-electron chi connectivity index (χ0n) is 19.7. The summed E-state index contributed by atoms with van der Waals surface area (Å²) in [7, 11) is 1.66. The number of fused-ring (bicyclic) bond motifs is 1. The fourth-order valence-corrected chi connectivity index (χ4v) is 5.39. The quantitative estimate of drug-likeness (QED) is 0.408. The van der Waals surface area contributed by atoms with E-state index in [0.29, 0.717) is 32.5 Å². The molecule has 0 atom stereocenters. The first-order chi connectivity index (χ1) is 16.6. The van der Waals surface area contributed by atoms with E-state index in [-0.39, 0.29) is 11.9 Å². The minimum Gasteiger partial charge on any atom is -0.385 e. The maximum atomic E-state index is 13.7. The van der Waals surface area contributed by atoms with Crippen LogP contribution in [-0.4, -0.2) is 70.5 Å². The van der Waals surface area contributed by atoms with Crippen LogP contribution < -0.4 is 0 Å². The largest absolute Gasteiger partial charge is 0.385 e. The number of amides is 3. The van der Waals surface area contributed by atoms with Crippen LogP contribution in [0.15, 0.2) is 60.7 Å². The summed E-state index contributed by atoms with van der Waals surface area (Å²) in [4.78, 5) is 36.3. The van der Waals surface area contributed by atoms with E-state index in [1.807, 2.05) is 47.4 Å². The van der Waals surface area contributed by atoms with Gasteiger partial charge in [0.25, 0.3) is 5.91 Å². The van der Waals surface area contributed by atoms with Crippen molar-refractivity contribution in [2.45, 2.75) is 37.9 Å². The van der Waals surface area contributed by atoms with Gasteiger partial charge in [-0.15, -0.1) is 0 Å². The number of para-hydroxylation sites is 1. The molecule has 0 radical (unpaired) electrons. The lowest BCUT2D eigenvalue weighted by molar-refractivity contribution is -0.136. The molecule has 2 aliphatic rings. The van der Waals surface area contributed by atoms with Crippen LogP contribution >= 0.6 is 0 Å². The smallest absolute Gasteiger partial charge is 0.327 e. The van der Waals surface area contributed by atoms with E-state index in [1.54, 1.807) is 7.11 Å². The Hall–Kier alpha value is -3.16. The molecule has 7 heteroatoms. The molecular weight excluding hydrogens is 428 g/mol. The molecule has 7 nitrogen and oxygen atoms in total. The first kappa shape index (κ1) is 22.6. The summed E-state index contributed by atoms with van der Waals surface area (Å²) in [6.07, 6.45) is 2.02. The van der Waals surface area contributed by atoms with Crippen molar-refractivity contribution in [2.24, 2.45) is 0 Å². The molecule has 2 aromatic carbocycles. The molecule has 1 aromatic heterocycles. The molecule has 1 spiro atoms. The van der Waals surface area contributed by atoms with Gasteiger partial charge in [-0.25, -0.2) is 4.79 Å². The standard InChI is InChI=1S/C27H32N4O3/c1-34-17-7-14-31-26(33)30(19-21-8-3-2-4-9-21)25(32)27(31)12-15-29(16-13-27)20-23-18-22-10-5-6-11-24(22)28-23/h2-6,8-11,18,28H,7,12-17,19-20H2,1H3. The van der Waals surface area contributed by atoms with Crippen molar-refractivity contribution in [3.05, 3.63) is 71.9 Å². The molecule has 34 heavy (non-hydrogen) atoms. The monoisotopic (exact) mass is 460 g/mol. The molecule has 0 bridgehead atoms. The first-order valence-corrected chi connectivity index (χ1v) is 12.1. The number of nitrogens with one attached hydrogen (secondary N) is 1. The second-order valence-electron chi connectivity index (χ2n) is 9.35. The Bertz CT molecular complexity index is 1120. The summed E-state index contributed by atoms with van der Waals surface area (Å²) in [5, 5.41) is 1.21. The number of H-pyrrole nitrogens is 1. The lowest BCUT2D eigenvalue weighted by atomic mass is 9.85. The predicted octanol–water partition coefficient (Wildman–Crippen LogP) is 4.00. The number of aromatic nitrogens is 1. The molecule has 2 fully saturated rings. The van der Waals surface area contributed by atoms with Crippen LogP contribution in [0.4, 0.5) is 4.79 Å². The van der Waals surface area contributed by atoms with Crippen LogP contribution in [0.3, 0.4) is 0 Å². The van der Waals surface area contributed by atoms with Crippen LogP contribution in [0, 0.1) is 0 Å². The van der Waals surface area contributed by atoms with Crippen molar-refractivity contribution in [1.29, 1.82) is 0 Å². The number of carbonyl (C=O) groups excluding carboxylic acids is 2. The van der Waals surface area contributed by atoms with Gasteiger partial charge in [0.1, 0.15) is 5.54 Å². The van der Waals surface area contributed by atoms with Crippen LogP contribution in [-0.2, 0) is 22.6 Å². The van der Waals surface area contributed by atoms with E-state index < -0.39 is 5.54 Å². The highest BCUT2D eigenvalue weighted by atomic mass is 16.5. The normalized spacial score (nSPS) is 18.5. The molecule has 2 saturated heterocycles. The van der Waals surface area contributed by atoms with Gasteiger partial charge in [0.2, 0.25) is 0 Å². The Morgan fingerprint density at radius 1 is 0.971 bits per heavy atom. The number of imide groups is 1. The summed E-state index contributed by atoms with van der Waals surface area (Å²) in [5.74, 6) is -0.0518. The lowest BCUT2D eigenvalue weighted by Crippen LogP contribution is -2.56. The van der Waals surface area contributed by atoms with Gasteiger partial charge in [0.15, 0.2) is 0 Å². The van der Waals surface area contributed by atoms with E-state index >= 15 is 0 Å². The van der Waals surface area contributed by atoms with Crippen molar-refractivity contribution < 1.29 is 14.3 Å². The van der Waals surface area contributed by atoms with Gasteiger partial charge in [-0.1, -0.05) is 48.5 Å². The van der Waals surface area contributed by atoms with Crippen molar-refractivity contribution in [3.63, 3.8) is 0 Å². The fraction of sp³-hybridized carbons (Fsp3) is 0.407. The third-order valence-corrected chi connectivity index (χ3v) is 7.20. The van der Waals surface area contributed by atoms with Crippen LogP contribution in [0.25, 0.3) is 10.9 Å². The summed E-state index contributed by atoms with van der Waals surface area (Å²) in [6.45, 7) is 3.78. The van der Waals surface area contributed by atoms with Crippen LogP contribution in [0.1, 0.15) is 30.5 Å². The van der Waals surface area contributed by atoms with Gasteiger partial charge in [0, 0.05) is 51.1 Å². The Labute approximate surface area is 200 Å². The van der Waals surface area contributed by atoms with E-state index in [0.717, 1.165) is 37.1 Å². The maximum Gasteiger partial charge on any atom is 0.327 e. The van der Waals surface area contributed by atoms with E-state index in [9.17, 15) is 9.59 Å². The number of benzene rings is 2. The molecule has 3 amide bonds. The number of piperidine rings is 1. The summed E-state index contributed by atoms with van der Waals surface area (Å²) < 4.78 is 5.22. The molecule has 3 aromatic rings. The average molecular weight is 461 g/mol. The Morgan fingerprint density at radius 3 is 2.44 bits per heavy atom. The Kier molecular flexibility index (Phi) is 6.39. The van der Waals surface area contributed by atoms with Crippen molar-refractivity contribution >= 4 is 22.8 Å². The summed E-state index contributed by atoms with van der Waals surface area (Å²) in [5.41, 5.74) is 2.53. The number of likely N-dealkylation sites (tertiary alicyclic amines) is 1. The number of nitrogens with zero attached hydrogens (tertiary/aromatic N) is 3. The minimum atomic E-state index is -0.753. The fourth-order valence-electron chi connectivity index (χ4n) is 5.39.